The first-order valence-electron chi connectivity index (χ1n) is 6.01. The van der Waals surface area contributed by atoms with Crippen molar-refractivity contribution in [2.45, 2.75) is 0 Å². The molecule has 0 bridgehead atoms. The fourth-order valence-electron chi connectivity index (χ4n) is 2.16. The van der Waals surface area contributed by atoms with Gasteiger partial charge in [0, 0.05) is 27.6 Å². The number of hydrogen-bond acceptors (Lipinski definition) is 4. The summed E-state index contributed by atoms with van der Waals surface area (Å²) >= 11 is 4.89. The zero-order valence-electron chi connectivity index (χ0n) is 10.2. The van der Waals surface area contributed by atoms with Crippen LogP contribution in [0.1, 0.15) is 9.67 Å². The third kappa shape index (κ3) is 2.35. The van der Waals surface area contributed by atoms with Crippen molar-refractivity contribution in [1.29, 1.82) is 0 Å². The van der Waals surface area contributed by atoms with Gasteiger partial charge in [-0.15, -0.1) is 11.3 Å². The first-order valence-corrected chi connectivity index (χ1v) is 7.62. The Hall–Kier alpha value is -1.11. The summed E-state index contributed by atoms with van der Waals surface area (Å²) in [6.45, 7) is 2.47. The number of thiophene rings is 1. The molecule has 0 spiro atoms. The molecular weight excluding hydrogens is 328 g/mol. The van der Waals surface area contributed by atoms with E-state index in [1.54, 1.807) is 4.90 Å². The van der Waals surface area contributed by atoms with Gasteiger partial charge in [-0.1, -0.05) is 22.0 Å². The highest BCUT2D eigenvalue weighted by Crippen LogP contribution is 2.36. The summed E-state index contributed by atoms with van der Waals surface area (Å²) in [6, 6.07) is 5.88. The summed E-state index contributed by atoms with van der Waals surface area (Å²) < 4.78 is 7.29. The summed E-state index contributed by atoms with van der Waals surface area (Å²) in [4.78, 5) is 14.9. The zero-order chi connectivity index (χ0) is 13.4. The first kappa shape index (κ1) is 12.9. The maximum absolute atomic E-state index is 12.5. The number of rotatable bonds is 1. The molecule has 1 fully saturated rings. The van der Waals surface area contributed by atoms with E-state index in [0.29, 0.717) is 36.9 Å². The number of carbonyl (C=O) groups is 1. The van der Waals surface area contributed by atoms with Gasteiger partial charge in [0.15, 0.2) is 0 Å². The molecule has 2 heterocycles. The van der Waals surface area contributed by atoms with Crippen molar-refractivity contribution in [1.82, 2.24) is 4.90 Å². The van der Waals surface area contributed by atoms with Gasteiger partial charge in [0.25, 0.3) is 5.91 Å². The molecule has 19 heavy (non-hydrogen) atoms. The van der Waals surface area contributed by atoms with E-state index in [9.17, 15) is 4.79 Å². The molecule has 0 atom stereocenters. The number of hydrogen-bond donors (Lipinski definition) is 1. The van der Waals surface area contributed by atoms with E-state index in [-0.39, 0.29) is 5.91 Å². The summed E-state index contributed by atoms with van der Waals surface area (Å²) in [5.41, 5.74) is 6.70. The average Bonchev–Trinajstić information content (AvgIpc) is 2.75. The number of ether oxygens (including phenoxy) is 1. The van der Waals surface area contributed by atoms with Crippen LogP contribution in [0.25, 0.3) is 10.1 Å². The maximum Gasteiger partial charge on any atom is 0.266 e. The summed E-state index contributed by atoms with van der Waals surface area (Å²) in [6.07, 6.45) is 0. The molecule has 2 N–H and O–H groups in total. The Morgan fingerprint density at radius 2 is 2.11 bits per heavy atom. The number of fused-ring (bicyclic) bond motifs is 1. The van der Waals surface area contributed by atoms with Crippen molar-refractivity contribution in [3.8, 4) is 0 Å². The molecule has 0 radical (unpaired) electrons. The van der Waals surface area contributed by atoms with Gasteiger partial charge in [-0.05, 0) is 12.1 Å². The second kappa shape index (κ2) is 5.11. The molecule has 0 unspecified atom stereocenters. The molecule has 1 aromatic carbocycles. The topological polar surface area (TPSA) is 55.6 Å². The zero-order valence-corrected chi connectivity index (χ0v) is 12.6. The van der Waals surface area contributed by atoms with Gasteiger partial charge in [-0.25, -0.2) is 0 Å². The monoisotopic (exact) mass is 340 g/mol. The molecule has 0 saturated carbocycles. The van der Waals surface area contributed by atoms with Gasteiger partial charge < -0.3 is 15.4 Å². The molecular formula is C13H13BrN2O2S. The van der Waals surface area contributed by atoms with Gasteiger partial charge in [-0.2, -0.15) is 0 Å². The lowest BCUT2D eigenvalue weighted by molar-refractivity contribution is 0.0307. The van der Waals surface area contributed by atoms with E-state index in [0.717, 1.165) is 14.6 Å². The van der Waals surface area contributed by atoms with E-state index >= 15 is 0 Å². The van der Waals surface area contributed by atoms with E-state index in [1.165, 1.54) is 11.3 Å². The smallest absolute Gasteiger partial charge is 0.266 e. The number of benzene rings is 1. The average molecular weight is 341 g/mol. The number of halogens is 1. The predicted octanol–water partition coefficient (Wildman–Crippen LogP) is 2.72. The van der Waals surface area contributed by atoms with Gasteiger partial charge in [0.05, 0.1) is 18.9 Å². The van der Waals surface area contributed by atoms with Crippen molar-refractivity contribution < 1.29 is 9.53 Å². The lowest BCUT2D eigenvalue weighted by Gasteiger charge is -2.26. The van der Waals surface area contributed by atoms with Crippen LogP contribution in [0, 0.1) is 0 Å². The molecule has 1 amide bonds. The fraction of sp³-hybridized carbons (Fsp3) is 0.308. The number of nitrogens with two attached hydrogens (primary N) is 1. The second-order valence-corrected chi connectivity index (χ2v) is 6.36. The van der Waals surface area contributed by atoms with Crippen LogP contribution in [0.15, 0.2) is 22.7 Å². The van der Waals surface area contributed by atoms with Crippen molar-refractivity contribution in [3.05, 3.63) is 27.5 Å². The Morgan fingerprint density at radius 1 is 1.37 bits per heavy atom. The number of anilines is 1. The maximum atomic E-state index is 12.5. The molecule has 1 aliphatic rings. The van der Waals surface area contributed by atoms with Crippen LogP contribution in [0.5, 0.6) is 0 Å². The highest BCUT2D eigenvalue weighted by Gasteiger charge is 2.23. The van der Waals surface area contributed by atoms with Crippen molar-refractivity contribution in [2.75, 3.05) is 32.0 Å². The Kier molecular flexibility index (Phi) is 3.47. The van der Waals surface area contributed by atoms with Crippen molar-refractivity contribution >= 4 is 48.9 Å². The van der Waals surface area contributed by atoms with Gasteiger partial charge in [-0.3, -0.25) is 4.79 Å². The first-order chi connectivity index (χ1) is 9.16. The third-order valence-corrected chi connectivity index (χ3v) is 4.83. The summed E-state index contributed by atoms with van der Waals surface area (Å²) in [5.74, 6) is 0.0122. The number of carbonyl (C=O) groups excluding carboxylic acids is 1. The van der Waals surface area contributed by atoms with E-state index < -0.39 is 0 Å². The van der Waals surface area contributed by atoms with Crippen molar-refractivity contribution in [3.63, 3.8) is 0 Å². The highest BCUT2D eigenvalue weighted by atomic mass is 79.9. The Morgan fingerprint density at radius 3 is 2.84 bits per heavy atom. The SMILES string of the molecule is Nc1c(C(=O)N2CCOCC2)sc2cc(Br)ccc12. The van der Waals surface area contributed by atoms with Gasteiger partial charge in [0.2, 0.25) is 0 Å². The fourth-order valence-corrected chi connectivity index (χ4v) is 3.80. The second-order valence-electron chi connectivity index (χ2n) is 4.39. The largest absolute Gasteiger partial charge is 0.397 e. The van der Waals surface area contributed by atoms with Crippen LogP contribution >= 0.6 is 27.3 Å². The van der Waals surface area contributed by atoms with Crippen LogP contribution in [-0.4, -0.2) is 37.1 Å². The lowest BCUT2D eigenvalue weighted by atomic mass is 10.2. The minimum atomic E-state index is 0.0122. The molecule has 1 aliphatic heterocycles. The van der Waals surface area contributed by atoms with Crippen LogP contribution in [0.2, 0.25) is 0 Å². The molecule has 3 rings (SSSR count). The van der Waals surface area contributed by atoms with E-state index in [1.807, 2.05) is 18.2 Å². The normalized spacial score (nSPS) is 15.9. The highest BCUT2D eigenvalue weighted by molar-refractivity contribution is 9.10. The number of amides is 1. The quantitative estimate of drug-likeness (QED) is 0.868. The molecule has 0 aliphatic carbocycles. The van der Waals surface area contributed by atoms with Gasteiger partial charge in [0.1, 0.15) is 4.88 Å². The van der Waals surface area contributed by atoms with Crippen LogP contribution in [0.4, 0.5) is 5.69 Å². The predicted molar refractivity (Wildman–Crippen MR) is 80.7 cm³/mol. The number of nitrogens with zero attached hydrogens (tertiary/aromatic N) is 1. The van der Waals surface area contributed by atoms with Crippen LogP contribution in [0.3, 0.4) is 0 Å². The Balaban J connectivity index is 2.00. The molecule has 1 saturated heterocycles. The molecule has 100 valence electrons. The lowest BCUT2D eigenvalue weighted by Crippen LogP contribution is -2.40. The molecule has 2 aromatic rings. The summed E-state index contributed by atoms with van der Waals surface area (Å²) in [5, 5.41) is 0.949. The number of nitrogen functional groups attached to an aromatic ring is 1. The van der Waals surface area contributed by atoms with Crippen LogP contribution < -0.4 is 5.73 Å². The third-order valence-electron chi connectivity index (χ3n) is 3.18. The summed E-state index contributed by atoms with van der Waals surface area (Å²) in [7, 11) is 0. The number of morpholine rings is 1. The molecule has 1 aromatic heterocycles. The molecule has 4 nitrogen and oxygen atoms in total. The van der Waals surface area contributed by atoms with Crippen LogP contribution in [-0.2, 0) is 4.74 Å². The van der Waals surface area contributed by atoms with Gasteiger partial charge >= 0.3 is 0 Å². The Bertz CT molecular complexity index is 635. The van der Waals surface area contributed by atoms with E-state index in [2.05, 4.69) is 15.9 Å². The van der Waals surface area contributed by atoms with E-state index in [4.69, 9.17) is 10.5 Å². The Labute approximate surface area is 123 Å². The molecule has 6 heteroatoms. The minimum Gasteiger partial charge on any atom is -0.397 e. The minimum absolute atomic E-state index is 0.0122. The van der Waals surface area contributed by atoms with Crippen molar-refractivity contribution in [2.24, 2.45) is 0 Å². The standard InChI is InChI=1S/C13H13BrN2O2S/c14-8-1-2-9-10(7-8)19-12(11(9)15)13(17)16-3-5-18-6-4-16/h1-2,7H,3-6,15H2.